The standard InChI is InChI=1S/C77H124O6/c1-4-7-10-13-16-19-22-25-28-30-32-34-36-37-38-39-41-42-44-46-49-52-55-58-61-64-67-70-76(79)82-73-74(72-81-75(78)69-66-63-60-57-54-51-48-27-24-21-18-15-12-9-6-3)83-77(80)71-68-65-62-59-56-53-50-47-45-43-40-35-33-31-29-26-23-20-17-14-11-8-5-2/h7,9-10,12,16,18-19,21,25,27-28,32,34,37-38,41-42,46,48-49,54-55,57-58,63,66,74H,4-6,8,11,13-15,17,20,22-24,26,29-31,33,35-36,39-40,43-45,47,50-53,56,59-62,64-65,67-73H2,1-3H3/b10-7-,12-9-,19-16-,21-18-,28-25-,34-32-,38-37-,42-41-,48-27-,49-46-,57-54-,58-55-,66-63-. The van der Waals surface area contributed by atoms with Crippen molar-refractivity contribution in [2.75, 3.05) is 13.2 Å². The molecule has 0 N–H and O–H groups in total. The first kappa shape index (κ1) is 78.0. The molecule has 0 aromatic carbocycles. The second-order valence-electron chi connectivity index (χ2n) is 22.0. The van der Waals surface area contributed by atoms with Crippen molar-refractivity contribution in [1.82, 2.24) is 0 Å². The third-order valence-electron chi connectivity index (χ3n) is 14.1. The number of carbonyl (C=O) groups excluding carboxylic acids is 3. The lowest BCUT2D eigenvalue weighted by Crippen LogP contribution is -2.30. The van der Waals surface area contributed by atoms with Crippen molar-refractivity contribution in [3.05, 3.63) is 158 Å². The predicted molar refractivity (Wildman–Crippen MR) is 362 cm³/mol. The Morgan fingerprint density at radius 3 is 0.843 bits per heavy atom. The van der Waals surface area contributed by atoms with E-state index in [4.69, 9.17) is 14.2 Å². The zero-order chi connectivity index (χ0) is 59.9. The molecule has 0 rings (SSSR count). The third kappa shape index (κ3) is 67.7. The highest BCUT2D eigenvalue weighted by molar-refractivity contribution is 5.72. The van der Waals surface area contributed by atoms with Crippen molar-refractivity contribution in [2.24, 2.45) is 0 Å². The molecule has 468 valence electrons. The Morgan fingerprint density at radius 2 is 0.518 bits per heavy atom. The molecular formula is C77H124O6. The molecule has 0 aliphatic heterocycles. The maximum Gasteiger partial charge on any atom is 0.309 e. The van der Waals surface area contributed by atoms with Gasteiger partial charge in [0.05, 0.1) is 6.42 Å². The van der Waals surface area contributed by atoms with Gasteiger partial charge in [0, 0.05) is 12.8 Å². The van der Waals surface area contributed by atoms with E-state index < -0.39 is 12.1 Å². The average molecular weight is 1150 g/mol. The molecule has 0 aromatic rings. The molecule has 6 heteroatoms. The summed E-state index contributed by atoms with van der Waals surface area (Å²) in [5.41, 5.74) is 0. The van der Waals surface area contributed by atoms with Gasteiger partial charge in [-0.15, -0.1) is 0 Å². The summed E-state index contributed by atoms with van der Waals surface area (Å²) >= 11 is 0. The van der Waals surface area contributed by atoms with Crippen LogP contribution in [-0.2, 0) is 28.6 Å². The molecular weight excluding hydrogens is 1020 g/mol. The lowest BCUT2D eigenvalue weighted by atomic mass is 10.0. The molecule has 1 unspecified atom stereocenters. The maximum absolute atomic E-state index is 12.9. The lowest BCUT2D eigenvalue weighted by molar-refractivity contribution is -0.166. The van der Waals surface area contributed by atoms with Gasteiger partial charge in [-0.05, 0) is 109 Å². The van der Waals surface area contributed by atoms with Gasteiger partial charge in [0.25, 0.3) is 0 Å². The number of hydrogen-bond donors (Lipinski definition) is 0. The van der Waals surface area contributed by atoms with E-state index in [-0.39, 0.29) is 38.0 Å². The van der Waals surface area contributed by atoms with E-state index in [0.29, 0.717) is 12.8 Å². The van der Waals surface area contributed by atoms with Crippen LogP contribution in [-0.4, -0.2) is 37.2 Å². The molecule has 6 nitrogen and oxygen atoms in total. The zero-order valence-electron chi connectivity index (χ0n) is 53.7. The Kier molecular flexibility index (Phi) is 65.4. The highest BCUT2D eigenvalue weighted by Gasteiger charge is 2.19. The summed E-state index contributed by atoms with van der Waals surface area (Å²) in [6.45, 7) is 6.31. The minimum absolute atomic E-state index is 0.114. The molecule has 0 fully saturated rings. The number of unbranched alkanes of at least 4 members (excludes halogenated alkanes) is 24. The Bertz CT molecular complexity index is 1840. The van der Waals surface area contributed by atoms with E-state index in [1.165, 1.54) is 128 Å². The van der Waals surface area contributed by atoms with Gasteiger partial charge in [-0.3, -0.25) is 14.4 Å². The van der Waals surface area contributed by atoms with Crippen LogP contribution >= 0.6 is 0 Å². The number of rotatable bonds is 60. The van der Waals surface area contributed by atoms with Crippen LogP contribution in [0, 0.1) is 0 Å². The molecule has 0 amide bonds. The fourth-order valence-electron chi connectivity index (χ4n) is 9.06. The largest absolute Gasteiger partial charge is 0.462 e. The molecule has 0 bridgehead atoms. The molecule has 0 heterocycles. The second-order valence-corrected chi connectivity index (χ2v) is 22.0. The molecule has 0 aliphatic carbocycles. The van der Waals surface area contributed by atoms with Crippen LogP contribution in [0.25, 0.3) is 0 Å². The van der Waals surface area contributed by atoms with Crippen molar-refractivity contribution >= 4 is 17.9 Å². The zero-order valence-corrected chi connectivity index (χ0v) is 53.7. The summed E-state index contributed by atoms with van der Waals surface area (Å²) in [6, 6.07) is 0. The van der Waals surface area contributed by atoms with Crippen LogP contribution in [0.1, 0.15) is 290 Å². The van der Waals surface area contributed by atoms with E-state index >= 15 is 0 Å². The monoisotopic (exact) mass is 1140 g/mol. The molecule has 0 radical (unpaired) electrons. The smallest absolute Gasteiger partial charge is 0.309 e. The minimum Gasteiger partial charge on any atom is -0.462 e. The van der Waals surface area contributed by atoms with Gasteiger partial charge >= 0.3 is 17.9 Å². The first-order valence-electron chi connectivity index (χ1n) is 34.0. The van der Waals surface area contributed by atoms with Crippen LogP contribution < -0.4 is 0 Å². The highest BCUT2D eigenvalue weighted by Crippen LogP contribution is 2.17. The molecule has 0 spiro atoms. The number of ether oxygens (including phenoxy) is 3. The van der Waals surface area contributed by atoms with E-state index in [0.717, 1.165) is 116 Å². The second kappa shape index (κ2) is 69.5. The summed E-state index contributed by atoms with van der Waals surface area (Å²) in [5.74, 6) is -1.10. The summed E-state index contributed by atoms with van der Waals surface area (Å²) < 4.78 is 16.8. The molecule has 0 saturated carbocycles. The van der Waals surface area contributed by atoms with Crippen LogP contribution in [0.2, 0.25) is 0 Å². The van der Waals surface area contributed by atoms with Crippen molar-refractivity contribution < 1.29 is 28.6 Å². The van der Waals surface area contributed by atoms with Gasteiger partial charge in [0.2, 0.25) is 0 Å². The van der Waals surface area contributed by atoms with E-state index in [9.17, 15) is 14.4 Å². The fourth-order valence-corrected chi connectivity index (χ4v) is 9.06. The SMILES string of the molecule is CC/C=C\C/C=C\C/C=C\C/C=C\C/C=C\C/C=C\C/C=C\C/C=C\CCCCC(=O)OCC(COC(=O)C/C=C\C/C=C\C/C=C\C/C=C\C/C=C\CC)OC(=O)CCCCCCCCCCCCCCCCCCCCCCCCC. The molecule has 83 heavy (non-hydrogen) atoms. The van der Waals surface area contributed by atoms with Crippen LogP contribution in [0.3, 0.4) is 0 Å². The van der Waals surface area contributed by atoms with Gasteiger partial charge in [0.1, 0.15) is 13.2 Å². The quantitative estimate of drug-likeness (QED) is 0.0261. The van der Waals surface area contributed by atoms with Gasteiger partial charge in [0.15, 0.2) is 6.10 Å². The Morgan fingerprint density at radius 1 is 0.265 bits per heavy atom. The van der Waals surface area contributed by atoms with Crippen molar-refractivity contribution in [2.45, 2.75) is 297 Å². The lowest BCUT2D eigenvalue weighted by Gasteiger charge is -2.18. The number of hydrogen-bond acceptors (Lipinski definition) is 6. The van der Waals surface area contributed by atoms with Gasteiger partial charge < -0.3 is 14.2 Å². The maximum atomic E-state index is 12.9. The number of carbonyl (C=O) groups is 3. The number of esters is 3. The van der Waals surface area contributed by atoms with Crippen molar-refractivity contribution in [3.8, 4) is 0 Å². The van der Waals surface area contributed by atoms with E-state index in [1.807, 2.05) is 6.08 Å². The van der Waals surface area contributed by atoms with Crippen LogP contribution in [0.4, 0.5) is 0 Å². The van der Waals surface area contributed by atoms with Crippen molar-refractivity contribution in [3.63, 3.8) is 0 Å². The molecule has 0 aromatic heterocycles. The van der Waals surface area contributed by atoms with E-state index in [1.54, 1.807) is 6.08 Å². The third-order valence-corrected chi connectivity index (χ3v) is 14.1. The first-order chi connectivity index (χ1) is 41.0. The van der Waals surface area contributed by atoms with Gasteiger partial charge in [-0.2, -0.15) is 0 Å². The molecule has 0 aliphatic rings. The Hall–Kier alpha value is -4.97. The summed E-state index contributed by atoms with van der Waals surface area (Å²) in [7, 11) is 0. The highest BCUT2D eigenvalue weighted by atomic mass is 16.6. The fraction of sp³-hybridized carbons (Fsp3) is 0.623. The minimum atomic E-state index is -0.844. The Balaban J connectivity index is 4.50. The van der Waals surface area contributed by atoms with Crippen LogP contribution in [0.15, 0.2) is 158 Å². The van der Waals surface area contributed by atoms with Crippen molar-refractivity contribution in [1.29, 1.82) is 0 Å². The Labute approximate surface area is 511 Å². The number of allylic oxidation sites excluding steroid dienone is 25. The van der Waals surface area contributed by atoms with Crippen LogP contribution in [0.5, 0.6) is 0 Å². The predicted octanol–water partition coefficient (Wildman–Crippen LogP) is 23.7. The molecule has 1 atom stereocenters. The molecule has 0 saturated heterocycles. The average Bonchev–Trinajstić information content (AvgIpc) is 3.49. The van der Waals surface area contributed by atoms with Gasteiger partial charge in [-0.1, -0.05) is 320 Å². The topological polar surface area (TPSA) is 78.9 Å². The summed E-state index contributed by atoms with van der Waals surface area (Å²) in [4.78, 5) is 38.3. The van der Waals surface area contributed by atoms with E-state index in [2.05, 4.69) is 167 Å². The first-order valence-corrected chi connectivity index (χ1v) is 34.0. The summed E-state index contributed by atoms with van der Waals surface area (Å²) in [5, 5.41) is 0. The normalized spacial score (nSPS) is 13.1. The summed E-state index contributed by atoms with van der Waals surface area (Å²) in [6.07, 6.45) is 102. The van der Waals surface area contributed by atoms with Gasteiger partial charge in [-0.25, -0.2) is 0 Å².